The van der Waals surface area contributed by atoms with Crippen LogP contribution in [0.25, 0.3) is 11.0 Å². The van der Waals surface area contributed by atoms with Crippen molar-refractivity contribution < 1.29 is 0 Å². The van der Waals surface area contributed by atoms with Crippen LogP contribution in [0.3, 0.4) is 0 Å². The van der Waals surface area contributed by atoms with Gasteiger partial charge in [-0.05, 0) is 11.1 Å². The third-order valence-corrected chi connectivity index (χ3v) is 3.40. The minimum atomic E-state index is 0.543. The first-order chi connectivity index (χ1) is 6.86. The van der Waals surface area contributed by atoms with Gasteiger partial charge in [-0.2, -0.15) is 11.8 Å². The molecule has 2 N–H and O–H groups in total. The normalized spacial score (nSPS) is 14.6. The predicted octanol–water partition coefficient (Wildman–Crippen LogP) is 1.35. The molecule has 0 aromatic carbocycles. The average molecular weight is 204 g/mol. The van der Waals surface area contributed by atoms with E-state index in [0.29, 0.717) is 11.5 Å². The minimum Gasteiger partial charge on any atom is -0.383 e. The molecule has 1 aliphatic heterocycles. The van der Waals surface area contributed by atoms with Gasteiger partial charge in [0.15, 0.2) is 5.65 Å². The number of anilines is 1. The van der Waals surface area contributed by atoms with Crippen LogP contribution in [0.2, 0.25) is 0 Å². The largest absolute Gasteiger partial charge is 0.383 e. The quantitative estimate of drug-likeness (QED) is 0.701. The van der Waals surface area contributed by atoms with Gasteiger partial charge in [0.25, 0.3) is 0 Å². The van der Waals surface area contributed by atoms with Crippen molar-refractivity contribution >= 4 is 28.6 Å². The van der Waals surface area contributed by atoms with Gasteiger partial charge in [-0.25, -0.2) is 15.0 Å². The molecule has 1 aliphatic rings. The second-order valence-corrected chi connectivity index (χ2v) is 4.20. The van der Waals surface area contributed by atoms with Gasteiger partial charge < -0.3 is 5.73 Å². The molecular formula is C9H8N4S. The van der Waals surface area contributed by atoms with Gasteiger partial charge in [-0.3, -0.25) is 0 Å². The molecule has 2 aromatic rings. The molecule has 4 nitrogen and oxygen atoms in total. The molecule has 2 aromatic heterocycles. The van der Waals surface area contributed by atoms with Gasteiger partial charge in [0.05, 0.1) is 5.39 Å². The van der Waals surface area contributed by atoms with Gasteiger partial charge in [0.1, 0.15) is 12.1 Å². The lowest BCUT2D eigenvalue weighted by molar-refractivity contribution is 1.16. The van der Waals surface area contributed by atoms with Gasteiger partial charge >= 0.3 is 0 Å². The number of fused-ring (bicyclic) bond motifs is 3. The van der Waals surface area contributed by atoms with E-state index in [1.807, 2.05) is 18.0 Å². The number of rotatable bonds is 0. The van der Waals surface area contributed by atoms with E-state index in [4.69, 9.17) is 5.73 Å². The molecule has 0 atom stereocenters. The fourth-order valence-corrected chi connectivity index (χ4v) is 2.81. The van der Waals surface area contributed by atoms with Crippen LogP contribution in [0.15, 0.2) is 12.5 Å². The number of nitrogens with zero attached hydrogens (tertiary/aromatic N) is 3. The standard InChI is InChI=1S/C9H8N4S/c10-8-7-6-3-14-2-5(6)1-11-9(7)13-4-12-8/h1,4H,2-3H2,(H2,10,11,12,13). The molecular weight excluding hydrogens is 196 g/mol. The van der Waals surface area contributed by atoms with Crippen LogP contribution in [0.4, 0.5) is 5.82 Å². The number of hydrogen-bond acceptors (Lipinski definition) is 5. The lowest BCUT2D eigenvalue weighted by Gasteiger charge is -2.04. The van der Waals surface area contributed by atoms with Crippen molar-refractivity contribution in [2.24, 2.45) is 0 Å². The van der Waals surface area contributed by atoms with E-state index < -0.39 is 0 Å². The third kappa shape index (κ3) is 0.988. The zero-order chi connectivity index (χ0) is 9.54. The van der Waals surface area contributed by atoms with Crippen LogP contribution >= 0.6 is 11.8 Å². The number of thioether (sulfide) groups is 1. The summed E-state index contributed by atoms with van der Waals surface area (Å²) in [4.78, 5) is 12.4. The van der Waals surface area contributed by atoms with Gasteiger partial charge in [-0.15, -0.1) is 0 Å². The second-order valence-electron chi connectivity index (χ2n) is 3.21. The molecule has 5 heteroatoms. The summed E-state index contributed by atoms with van der Waals surface area (Å²) < 4.78 is 0. The van der Waals surface area contributed by atoms with E-state index in [2.05, 4.69) is 15.0 Å². The lowest BCUT2D eigenvalue weighted by atomic mass is 10.1. The Labute approximate surface area is 85.0 Å². The maximum absolute atomic E-state index is 5.83. The Morgan fingerprint density at radius 3 is 3.07 bits per heavy atom. The van der Waals surface area contributed by atoms with Gasteiger partial charge in [0.2, 0.25) is 0 Å². The van der Waals surface area contributed by atoms with Crippen LogP contribution in [-0.4, -0.2) is 15.0 Å². The Hall–Kier alpha value is -1.36. The number of pyridine rings is 1. The van der Waals surface area contributed by atoms with Crippen molar-refractivity contribution in [1.82, 2.24) is 15.0 Å². The van der Waals surface area contributed by atoms with Crippen molar-refractivity contribution in [3.63, 3.8) is 0 Å². The fraction of sp³-hybridized carbons (Fsp3) is 0.222. The molecule has 70 valence electrons. The first-order valence-electron chi connectivity index (χ1n) is 4.31. The molecule has 0 saturated carbocycles. The highest BCUT2D eigenvalue weighted by Gasteiger charge is 2.17. The van der Waals surface area contributed by atoms with E-state index in [-0.39, 0.29) is 0 Å². The molecule has 14 heavy (non-hydrogen) atoms. The molecule has 0 unspecified atom stereocenters. The summed E-state index contributed by atoms with van der Waals surface area (Å²) >= 11 is 1.88. The molecule has 0 amide bonds. The Morgan fingerprint density at radius 1 is 1.21 bits per heavy atom. The molecule has 3 rings (SSSR count). The topological polar surface area (TPSA) is 64.7 Å². The maximum atomic E-state index is 5.83. The Kier molecular flexibility index (Phi) is 1.61. The summed E-state index contributed by atoms with van der Waals surface area (Å²) in [5.74, 6) is 2.56. The van der Waals surface area contributed by atoms with Crippen LogP contribution in [0.5, 0.6) is 0 Å². The number of nitrogens with two attached hydrogens (primary N) is 1. The molecule has 3 heterocycles. The third-order valence-electron chi connectivity index (χ3n) is 2.39. The van der Waals surface area contributed by atoms with Crippen molar-refractivity contribution in [3.8, 4) is 0 Å². The van der Waals surface area contributed by atoms with Gasteiger partial charge in [0, 0.05) is 17.7 Å². The predicted molar refractivity (Wildman–Crippen MR) is 56.7 cm³/mol. The summed E-state index contributed by atoms with van der Waals surface area (Å²) in [5.41, 5.74) is 9.07. The number of hydrogen-bond donors (Lipinski definition) is 1. The Morgan fingerprint density at radius 2 is 2.14 bits per heavy atom. The monoisotopic (exact) mass is 204 g/mol. The number of nitrogen functional groups attached to an aromatic ring is 1. The van der Waals surface area contributed by atoms with E-state index in [0.717, 1.165) is 16.9 Å². The van der Waals surface area contributed by atoms with E-state index >= 15 is 0 Å². The second kappa shape index (κ2) is 2.81. The molecule has 0 fully saturated rings. The summed E-state index contributed by atoms with van der Waals surface area (Å²) in [6.07, 6.45) is 3.35. The van der Waals surface area contributed by atoms with Crippen molar-refractivity contribution in [2.75, 3.05) is 5.73 Å². The first kappa shape index (κ1) is 7.99. The van der Waals surface area contributed by atoms with E-state index in [1.54, 1.807) is 0 Å². The van der Waals surface area contributed by atoms with Gasteiger partial charge in [-0.1, -0.05) is 0 Å². The average Bonchev–Trinajstić information content (AvgIpc) is 2.65. The summed E-state index contributed by atoms with van der Waals surface area (Å²) in [5, 5.41) is 0.940. The van der Waals surface area contributed by atoms with Crippen molar-refractivity contribution in [3.05, 3.63) is 23.7 Å². The SMILES string of the molecule is Nc1ncnc2ncc3c(c12)CSC3. The van der Waals surface area contributed by atoms with E-state index in [9.17, 15) is 0 Å². The summed E-state index contributed by atoms with van der Waals surface area (Å²) in [6.45, 7) is 0. The zero-order valence-electron chi connectivity index (χ0n) is 7.40. The van der Waals surface area contributed by atoms with Crippen LogP contribution < -0.4 is 5.73 Å². The maximum Gasteiger partial charge on any atom is 0.164 e. The molecule has 0 aliphatic carbocycles. The van der Waals surface area contributed by atoms with Crippen LogP contribution in [0, 0.1) is 0 Å². The minimum absolute atomic E-state index is 0.543. The van der Waals surface area contributed by atoms with Crippen LogP contribution in [-0.2, 0) is 11.5 Å². The highest BCUT2D eigenvalue weighted by atomic mass is 32.2. The Bertz CT molecular complexity index is 511. The van der Waals surface area contributed by atoms with Crippen molar-refractivity contribution in [1.29, 1.82) is 0 Å². The highest BCUT2D eigenvalue weighted by Crippen LogP contribution is 2.34. The van der Waals surface area contributed by atoms with Crippen LogP contribution in [0.1, 0.15) is 11.1 Å². The van der Waals surface area contributed by atoms with Crippen molar-refractivity contribution in [2.45, 2.75) is 11.5 Å². The number of aromatic nitrogens is 3. The van der Waals surface area contributed by atoms with E-state index in [1.165, 1.54) is 17.5 Å². The molecule has 0 radical (unpaired) electrons. The zero-order valence-corrected chi connectivity index (χ0v) is 8.21. The first-order valence-corrected chi connectivity index (χ1v) is 5.46. The summed E-state index contributed by atoms with van der Waals surface area (Å²) in [7, 11) is 0. The Balaban J connectivity index is 2.47. The lowest BCUT2D eigenvalue weighted by Crippen LogP contribution is -1.98. The smallest absolute Gasteiger partial charge is 0.164 e. The molecule has 0 saturated heterocycles. The molecule has 0 bridgehead atoms. The molecule has 0 spiro atoms. The highest BCUT2D eigenvalue weighted by molar-refractivity contribution is 7.98. The summed E-state index contributed by atoms with van der Waals surface area (Å²) in [6, 6.07) is 0. The fourth-order valence-electron chi connectivity index (χ4n) is 1.71.